The van der Waals surface area contributed by atoms with Gasteiger partial charge in [-0.15, -0.1) is 5.10 Å². The number of amides is 1. The Bertz CT molecular complexity index is 955. The van der Waals surface area contributed by atoms with Crippen molar-refractivity contribution < 1.29 is 9.21 Å². The fourth-order valence-corrected chi connectivity index (χ4v) is 4.58. The van der Waals surface area contributed by atoms with Crippen LogP contribution in [-0.2, 0) is 17.9 Å². The molecule has 3 aliphatic heterocycles. The van der Waals surface area contributed by atoms with Gasteiger partial charge in [-0.1, -0.05) is 11.3 Å². The van der Waals surface area contributed by atoms with Crippen LogP contribution in [0.5, 0.6) is 0 Å². The molecule has 3 aromatic heterocycles. The summed E-state index contributed by atoms with van der Waals surface area (Å²) >= 11 is 0. The maximum atomic E-state index is 12.7. The predicted molar refractivity (Wildman–Crippen MR) is 105 cm³/mol. The lowest BCUT2D eigenvalue weighted by Gasteiger charge is -2.49. The Hall–Kier alpha value is -3.00. The first-order chi connectivity index (χ1) is 14.3. The van der Waals surface area contributed by atoms with Crippen molar-refractivity contribution in [3.63, 3.8) is 0 Å². The molecule has 3 aliphatic rings. The summed E-state index contributed by atoms with van der Waals surface area (Å²) in [7, 11) is 0. The normalized spacial score (nSPS) is 25.8. The van der Waals surface area contributed by atoms with E-state index in [4.69, 9.17) is 4.42 Å². The van der Waals surface area contributed by atoms with Crippen molar-refractivity contribution >= 4 is 5.91 Å². The molecule has 3 fully saturated rings. The van der Waals surface area contributed by atoms with Crippen LogP contribution in [0, 0.1) is 11.8 Å². The predicted octanol–water partition coefficient (Wildman–Crippen LogP) is 1.96. The van der Waals surface area contributed by atoms with Crippen LogP contribution < -0.4 is 5.32 Å². The molecule has 150 valence electrons. The monoisotopic (exact) mass is 392 g/mol. The van der Waals surface area contributed by atoms with E-state index in [1.54, 1.807) is 12.5 Å². The van der Waals surface area contributed by atoms with Gasteiger partial charge in [-0.3, -0.25) is 19.4 Å². The van der Waals surface area contributed by atoms with Gasteiger partial charge >= 0.3 is 0 Å². The highest BCUT2D eigenvalue weighted by molar-refractivity contribution is 5.79. The van der Waals surface area contributed by atoms with Crippen molar-refractivity contribution in [2.24, 2.45) is 11.8 Å². The Morgan fingerprint density at radius 3 is 2.97 bits per heavy atom. The van der Waals surface area contributed by atoms with Gasteiger partial charge in [0, 0.05) is 18.8 Å². The molecule has 6 heterocycles. The zero-order chi connectivity index (χ0) is 19.6. The van der Waals surface area contributed by atoms with Gasteiger partial charge in [0.2, 0.25) is 5.91 Å². The summed E-state index contributed by atoms with van der Waals surface area (Å²) < 4.78 is 7.21. The molecule has 3 aromatic rings. The van der Waals surface area contributed by atoms with Crippen molar-refractivity contribution in [3.8, 4) is 11.4 Å². The number of hydrogen-bond donors (Lipinski definition) is 1. The third-order valence-corrected chi connectivity index (χ3v) is 6.10. The molecule has 0 spiro atoms. The number of aromatic nitrogens is 4. The average Bonchev–Trinajstić information content (AvgIpc) is 3.45. The minimum Gasteiger partial charge on any atom is -0.467 e. The van der Waals surface area contributed by atoms with Gasteiger partial charge in [0.25, 0.3) is 0 Å². The van der Waals surface area contributed by atoms with Crippen molar-refractivity contribution in [2.45, 2.75) is 32.0 Å². The summed E-state index contributed by atoms with van der Waals surface area (Å²) in [5.74, 6) is 1.38. The third-order valence-electron chi connectivity index (χ3n) is 6.10. The summed E-state index contributed by atoms with van der Waals surface area (Å²) in [4.78, 5) is 19.5. The van der Waals surface area contributed by atoms with Crippen molar-refractivity contribution in [1.29, 1.82) is 0 Å². The highest BCUT2D eigenvalue weighted by atomic mass is 16.3. The molecular formula is C21H24N6O2. The van der Waals surface area contributed by atoms with E-state index in [1.165, 1.54) is 0 Å². The number of nitrogens with zero attached hydrogens (tertiary/aromatic N) is 5. The van der Waals surface area contributed by atoms with Gasteiger partial charge in [-0.2, -0.15) is 0 Å². The second kappa shape index (κ2) is 7.79. The Morgan fingerprint density at radius 2 is 2.21 bits per heavy atom. The van der Waals surface area contributed by atoms with E-state index in [2.05, 4.69) is 25.5 Å². The van der Waals surface area contributed by atoms with E-state index in [1.807, 2.05) is 41.2 Å². The number of carbonyl (C=O) groups is 1. The first kappa shape index (κ1) is 18.1. The molecule has 1 amide bonds. The van der Waals surface area contributed by atoms with E-state index in [0.717, 1.165) is 49.6 Å². The molecule has 2 bridgehead atoms. The van der Waals surface area contributed by atoms with Crippen LogP contribution in [0.3, 0.4) is 0 Å². The van der Waals surface area contributed by atoms with E-state index < -0.39 is 0 Å². The van der Waals surface area contributed by atoms with Gasteiger partial charge in [0.1, 0.15) is 11.5 Å². The fraction of sp³-hybridized carbons (Fsp3) is 0.429. The smallest absolute Gasteiger partial charge is 0.225 e. The molecule has 4 atom stereocenters. The Labute approximate surface area is 168 Å². The van der Waals surface area contributed by atoms with Crippen LogP contribution in [0.15, 0.2) is 53.4 Å². The van der Waals surface area contributed by atoms with Crippen LogP contribution in [0.25, 0.3) is 11.4 Å². The van der Waals surface area contributed by atoms with Gasteiger partial charge in [-0.05, 0) is 49.6 Å². The number of piperidine rings is 3. The molecule has 6 rings (SSSR count). The molecule has 0 saturated carbocycles. The number of nitrogens with one attached hydrogen (secondary N) is 1. The quantitative estimate of drug-likeness (QED) is 0.690. The fourth-order valence-electron chi connectivity index (χ4n) is 4.58. The summed E-state index contributed by atoms with van der Waals surface area (Å²) in [5, 5.41) is 11.6. The largest absolute Gasteiger partial charge is 0.467 e. The first-order valence-electron chi connectivity index (χ1n) is 10.1. The number of furan rings is 1. The number of carbonyl (C=O) groups excluding carboxylic acids is 1. The van der Waals surface area contributed by atoms with Crippen molar-refractivity contribution in [2.75, 3.05) is 13.1 Å². The maximum Gasteiger partial charge on any atom is 0.225 e. The lowest BCUT2D eigenvalue weighted by atomic mass is 9.75. The summed E-state index contributed by atoms with van der Waals surface area (Å²) in [6, 6.07) is 9.88. The summed E-state index contributed by atoms with van der Waals surface area (Å²) in [6.07, 6.45) is 7.43. The molecule has 8 nitrogen and oxygen atoms in total. The summed E-state index contributed by atoms with van der Waals surface area (Å²) in [5.41, 5.74) is 1.62. The van der Waals surface area contributed by atoms with Crippen LogP contribution in [0.1, 0.15) is 18.6 Å². The van der Waals surface area contributed by atoms with E-state index in [-0.39, 0.29) is 11.8 Å². The molecular weight excluding hydrogens is 368 g/mol. The lowest BCUT2D eigenvalue weighted by Crippen LogP contribution is -2.57. The van der Waals surface area contributed by atoms with Crippen molar-refractivity contribution in [1.82, 2.24) is 30.2 Å². The first-order valence-corrected chi connectivity index (χ1v) is 10.1. The Morgan fingerprint density at radius 1 is 1.24 bits per heavy atom. The van der Waals surface area contributed by atoms with Crippen LogP contribution >= 0.6 is 0 Å². The zero-order valence-electron chi connectivity index (χ0n) is 16.1. The maximum absolute atomic E-state index is 12.7. The Kier molecular flexibility index (Phi) is 4.85. The average molecular weight is 392 g/mol. The minimum atomic E-state index is 0.0507. The third kappa shape index (κ3) is 3.80. The molecule has 0 aliphatic carbocycles. The lowest BCUT2D eigenvalue weighted by molar-refractivity contribution is -0.133. The van der Waals surface area contributed by atoms with Crippen LogP contribution in [-0.4, -0.2) is 49.9 Å². The number of pyridine rings is 1. The van der Waals surface area contributed by atoms with E-state index in [9.17, 15) is 4.79 Å². The molecule has 0 radical (unpaired) electrons. The second-order valence-electron chi connectivity index (χ2n) is 7.88. The van der Waals surface area contributed by atoms with Gasteiger partial charge in [0.05, 0.1) is 37.2 Å². The van der Waals surface area contributed by atoms with E-state index in [0.29, 0.717) is 18.5 Å². The summed E-state index contributed by atoms with van der Waals surface area (Å²) in [6.45, 7) is 3.09. The van der Waals surface area contributed by atoms with Crippen LogP contribution in [0.4, 0.5) is 0 Å². The number of fused-ring (bicyclic) bond motifs is 3. The number of hydrogen-bond acceptors (Lipinski definition) is 6. The highest BCUT2D eigenvalue weighted by Gasteiger charge is 2.43. The zero-order valence-corrected chi connectivity index (χ0v) is 16.1. The second-order valence-corrected chi connectivity index (χ2v) is 7.88. The highest BCUT2D eigenvalue weighted by Crippen LogP contribution is 2.37. The molecule has 1 N–H and O–H groups in total. The Balaban J connectivity index is 1.19. The minimum absolute atomic E-state index is 0.0507. The van der Waals surface area contributed by atoms with E-state index >= 15 is 0 Å². The SMILES string of the molecule is O=C(NCc1ccco1)[C@H]1CN2CCC1C[C@@H]2Cn1cc(-c2ccccn2)nn1. The number of rotatable bonds is 6. The van der Waals surface area contributed by atoms with Gasteiger partial charge < -0.3 is 9.73 Å². The van der Waals surface area contributed by atoms with Crippen LogP contribution in [0.2, 0.25) is 0 Å². The molecule has 0 aromatic carbocycles. The molecule has 8 heteroatoms. The molecule has 3 saturated heterocycles. The van der Waals surface area contributed by atoms with Gasteiger partial charge in [-0.25, -0.2) is 0 Å². The van der Waals surface area contributed by atoms with Crippen molar-refractivity contribution in [3.05, 3.63) is 54.7 Å². The molecule has 29 heavy (non-hydrogen) atoms. The standard InChI is InChI=1S/C21H24N6O2/c28-21(23-11-17-4-3-9-29-17)18-13-26-8-6-15(18)10-16(26)12-27-14-20(24-25-27)19-5-1-2-7-22-19/h1-5,7,9,14-16,18H,6,8,10-13H2,(H,23,28)/t15?,16-,18+/m1/s1. The topological polar surface area (TPSA) is 89.1 Å². The molecule has 2 unspecified atom stereocenters. The van der Waals surface area contributed by atoms with Gasteiger partial charge in [0.15, 0.2) is 0 Å².